The average Bonchev–Trinajstić information content (AvgIpc) is 3.22. The minimum Gasteiger partial charge on any atom is -0.493 e. The van der Waals surface area contributed by atoms with E-state index in [0.717, 1.165) is 0 Å². The molecule has 0 aliphatic rings. The van der Waals surface area contributed by atoms with Crippen LogP contribution in [0.25, 0.3) is 11.4 Å². The van der Waals surface area contributed by atoms with Crippen LogP contribution in [0.2, 0.25) is 0 Å². The summed E-state index contributed by atoms with van der Waals surface area (Å²) in [4.78, 5) is 26.7. The molecule has 1 aromatic heterocycles. The van der Waals surface area contributed by atoms with Crippen molar-refractivity contribution < 1.29 is 23.7 Å². The minimum absolute atomic E-state index is 0.0821. The summed E-state index contributed by atoms with van der Waals surface area (Å²) in [5.41, 5.74) is 1.01. The zero-order valence-electron chi connectivity index (χ0n) is 16.5. The van der Waals surface area contributed by atoms with Gasteiger partial charge in [-0.1, -0.05) is 11.2 Å². The van der Waals surface area contributed by atoms with Gasteiger partial charge in [0.25, 0.3) is 5.69 Å². The number of rotatable bonds is 9. The molecule has 1 amide bonds. The van der Waals surface area contributed by atoms with E-state index in [9.17, 15) is 14.9 Å². The van der Waals surface area contributed by atoms with E-state index in [4.69, 9.17) is 14.0 Å². The Balaban J connectivity index is 1.54. The summed E-state index contributed by atoms with van der Waals surface area (Å²) in [6, 6.07) is 11.1. The zero-order valence-corrected chi connectivity index (χ0v) is 16.5. The van der Waals surface area contributed by atoms with Gasteiger partial charge in [0.1, 0.15) is 0 Å². The first-order valence-electron chi connectivity index (χ1n) is 9.09. The van der Waals surface area contributed by atoms with Crippen LogP contribution in [-0.2, 0) is 11.2 Å². The third kappa shape index (κ3) is 5.10. The number of ether oxygens (including phenoxy) is 2. The van der Waals surface area contributed by atoms with E-state index in [-0.39, 0.29) is 18.0 Å². The van der Waals surface area contributed by atoms with Gasteiger partial charge in [0.2, 0.25) is 17.6 Å². The highest BCUT2D eigenvalue weighted by atomic mass is 16.6. The lowest BCUT2D eigenvalue weighted by molar-refractivity contribution is -0.384. The van der Waals surface area contributed by atoms with Crippen LogP contribution in [0, 0.1) is 10.1 Å². The molecule has 0 spiro atoms. The number of amides is 1. The maximum atomic E-state index is 12.1. The number of carbonyl (C=O) groups excluding carboxylic acids is 1. The third-order valence-electron chi connectivity index (χ3n) is 4.25. The topological polar surface area (TPSA) is 130 Å². The summed E-state index contributed by atoms with van der Waals surface area (Å²) in [5, 5.41) is 17.4. The molecule has 0 atom stereocenters. The van der Waals surface area contributed by atoms with Gasteiger partial charge in [0.15, 0.2) is 11.5 Å². The summed E-state index contributed by atoms with van der Waals surface area (Å²) >= 11 is 0. The lowest BCUT2D eigenvalue weighted by Crippen LogP contribution is -2.11. The lowest BCUT2D eigenvalue weighted by atomic mass is 10.2. The fourth-order valence-electron chi connectivity index (χ4n) is 2.77. The molecule has 0 saturated heterocycles. The van der Waals surface area contributed by atoms with Gasteiger partial charge >= 0.3 is 0 Å². The van der Waals surface area contributed by atoms with Crippen LogP contribution in [-0.4, -0.2) is 35.2 Å². The molecule has 3 aromatic rings. The number of methoxy groups -OCH3 is 2. The molecule has 1 N–H and O–H groups in total. The summed E-state index contributed by atoms with van der Waals surface area (Å²) < 4.78 is 15.7. The predicted molar refractivity (Wildman–Crippen MR) is 108 cm³/mol. The van der Waals surface area contributed by atoms with Crippen molar-refractivity contribution >= 4 is 17.3 Å². The number of hydrogen-bond acceptors (Lipinski definition) is 8. The molecular weight excluding hydrogens is 392 g/mol. The second-order valence-electron chi connectivity index (χ2n) is 6.29. The highest BCUT2D eigenvalue weighted by molar-refractivity contribution is 5.90. The van der Waals surface area contributed by atoms with Crippen molar-refractivity contribution in [2.24, 2.45) is 0 Å². The first kappa shape index (κ1) is 20.8. The van der Waals surface area contributed by atoms with E-state index in [2.05, 4.69) is 15.5 Å². The highest BCUT2D eigenvalue weighted by Gasteiger charge is 2.13. The highest BCUT2D eigenvalue weighted by Crippen LogP contribution is 2.31. The second-order valence-corrected chi connectivity index (χ2v) is 6.29. The van der Waals surface area contributed by atoms with Crippen LogP contribution in [0.4, 0.5) is 11.4 Å². The molecule has 0 fully saturated rings. The molecule has 0 radical (unpaired) electrons. The zero-order chi connectivity index (χ0) is 21.5. The molecule has 3 rings (SSSR count). The molecule has 10 heteroatoms. The third-order valence-corrected chi connectivity index (χ3v) is 4.25. The predicted octanol–water partition coefficient (Wildman–Crippen LogP) is 3.62. The van der Waals surface area contributed by atoms with Crippen molar-refractivity contribution in [3.63, 3.8) is 0 Å². The van der Waals surface area contributed by atoms with Crippen molar-refractivity contribution in [3.8, 4) is 22.9 Å². The second kappa shape index (κ2) is 9.50. The van der Waals surface area contributed by atoms with Crippen LogP contribution >= 0.6 is 0 Å². The number of aromatic nitrogens is 2. The molecular formula is C20H20N4O6. The molecule has 0 unspecified atom stereocenters. The summed E-state index contributed by atoms with van der Waals surface area (Å²) in [5.74, 6) is 1.71. The van der Waals surface area contributed by atoms with Crippen LogP contribution in [0.15, 0.2) is 47.0 Å². The molecule has 30 heavy (non-hydrogen) atoms. The number of nitrogens with zero attached hydrogens (tertiary/aromatic N) is 3. The monoisotopic (exact) mass is 412 g/mol. The Labute approximate surface area is 172 Å². The van der Waals surface area contributed by atoms with E-state index < -0.39 is 4.92 Å². The molecule has 10 nitrogen and oxygen atoms in total. The quantitative estimate of drug-likeness (QED) is 0.417. The number of benzene rings is 2. The molecule has 0 aliphatic heterocycles. The van der Waals surface area contributed by atoms with Gasteiger partial charge in [0.05, 0.1) is 19.1 Å². The summed E-state index contributed by atoms with van der Waals surface area (Å²) in [6.07, 6.45) is 1.10. The van der Waals surface area contributed by atoms with Crippen LogP contribution < -0.4 is 14.8 Å². The fourth-order valence-corrected chi connectivity index (χ4v) is 2.77. The number of nitrogens with one attached hydrogen (secondary N) is 1. The van der Waals surface area contributed by atoms with Gasteiger partial charge in [-0.05, 0) is 30.7 Å². The Kier molecular flexibility index (Phi) is 6.58. The molecule has 2 aromatic carbocycles. The van der Waals surface area contributed by atoms with E-state index in [1.54, 1.807) is 38.5 Å². The van der Waals surface area contributed by atoms with Crippen molar-refractivity contribution in [1.82, 2.24) is 10.1 Å². The van der Waals surface area contributed by atoms with Gasteiger partial charge in [-0.3, -0.25) is 14.9 Å². The summed E-state index contributed by atoms with van der Waals surface area (Å²) in [7, 11) is 3.10. The first-order chi connectivity index (χ1) is 14.5. The van der Waals surface area contributed by atoms with E-state index in [1.807, 2.05) is 0 Å². The van der Waals surface area contributed by atoms with Crippen molar-refractivity contribution in [3.05, 3.63) is 58.5 Å². The van der Waals surface area contributed by atoms with Crippen molar-refractivity contribution in [1.29, 1.82) is 0 Å². The van der Waals surface area contributed by atoms with Crippen molar-refractivity contribution in [2.75, 3.05) is 19.5 Å². The number of aryl methyl sites for hydroxylation is 1. The maximum Gasteiger partial charge on any atom is 0.271 e. The smallest absolute Gasteiger partial charge is 0.271 e. The van der Waals surface area contributed by atoms with Gasteiger partial charge in [-0.25, -0.2) is 0 Å². The SMILES string of the molecule is COc1ccc(-c2noc(CCCC(=O)Nc3cccc([N+](=O)[O-])c3)n2)cc1OC. The number of carbonyl (C=O) groups is 1. The number of anilines is 1. The number of non-ortho nitro benzene ring substituents is 1. The summed E-state index contributed by atoms with van der Waals surface area (Å²) in [6.45, 7) is 0. The Morgan fingerprint density at radius 1 is 1.17 bits per heavy atom. The Morgan fingerprint density at radius 2 is 1.97 bits per heavy atom. The van der Waals surface area contributed by atoms with Crippen molar-refractivity contribution in [2.45, 2.75) is 19.3 Å². The number of nitro groups is 1. The van der Waals surface area contributed by atoms with E-state index in [0.29, 0.717) is 47.3 Å². The Bertz CT molecular complexity index is 1050. The fraction of sp³-hybridized carbons (Fsp3) is 0.250. The number of hydrogen-bond donors (Lipinski definition) is 1. The van der Waals surface area contributed by atoms with Gasteiger partial charge in [-0.15, -0.1) is 0 Å². The minimum atomic E-state index is -0.513. The first-order valence-corrected chi connectivity index (χ1v) is 9.09. The average molecular weight is 412 g/mol. The molecule has 0 saturated carbocycles. The maximum absolute atomic E-state index is 12.1. The standard InChI is InChI=1S/C20H20N4O6/c1-28-16-10-9-13(11-17(16)29-2)20-22-19(30-23-20)8-4-7-18(25)21-14-5-3-6-15(12-14)24(26)27/h3,5-6,9-12H,4,7-8H2,1-2H3,(H,21,25). The normalized spacial score (nSPS) is 10.5. The van der Waals surface area contributed by atoms with Crippen LogP contribution in [0.3, 0.4) is 0 Å². The molecule has 1 heterocycles. The van der Waals surface area contributed by atoms with E-state index >= 15 is 0 Å². The van der Waals surface area contributed by atoms with Crippen LogP contribution in [0.5, 0.6) is 11.5 Å². The Morgan fingerprint density at radius 3 is 2.70 bits per heavy atom. The van der Waals surface area contributed by atoms with E-state index in [1.165, 1.54) is 18.2 Å². The molecule has 0 aliphatic carbocycles. The Hall–Kier alpha value is -3.95. The van der Waals surface area contributed by atoms with Gasteiger partial charge in [0, 0.05) is 36.2 Å². The van der Waals surface area contributed by atoms with Gasteiger partial charge < -0.3 is 19.3 Å². The lowest BCUT2D eigenvalue weighted by Gasteiger charge is -2.07. The largest absolute Gasteiger partial charge is 0.493 e. The molecule has 156 valence electrons. The van der Waals surface area contributed by atoms with Crippen LogP contribution in [0.1, 0.15) is 18.7 Å². The molecule has 0 bridgehead atoms. The van der Waals surface area contributed by atoms with Gasteiger partial charge in [-0.2, -0.15) is 4.98 Å². The number of nitro benzene ring substituents is 1.